The summed E-state index contributed by atoms with van der Waals surface area (Å²) in [6.45, 7) is 1.14. The van der Waals surface area contributed by atoms with E-state index >= 15 is 0 Å². The molecule has 0 unspecified atom stereocenters. The molecule has 1 aliphatic carbocycles. The Labute approximate surface area is 68.4 Å². The lowest BCUT2D eigenvalue weighted by atomic mass is 10.4. The van der Waals surface area contributed by atoms with E-state index in [2.05, 4.69) is 25.5 Å². The van der Waals surface area contributed by atoms with Crippen LogP contribution in [0.3, 0.4) is 0 Å². The molecule has 54 valence electrons. The van der Waals surface area contributed by atoms with E-state index < -0.39 is 0 Å². The lowest BCUT2D eigenvalue weighted by Gasteiger charge is -1.99. The number of hydrogen-bond donors (Lipinski definition) is 0. The molecule has 0 atom stereocenters. The van der Waals surface area contributed by atoms with Crippen molar-refractivity contribution in [3.8, 4) is 0 Å². The quantitative estimate of drug-likeness (QED) is 0.715. The predicted molar refractivity (Wildman–Crippen MR) is 42.7 cm³/mol. The molecule has 0 radical (unpaired) electrons. The fourth-order valence-electron chi connectivity index (χ4n) is 1.03. The second-order valence-corrected chi connectivity index (χ2v) is 3.50. The maximum atomic E-state index is 4.08. The Kier molecular flexibility index (Phi) is 1.52. The van der Waals surface area contributed by atoms with E-state index in [0.29, 0.717) is 0 Å². The Morgan fingerprint density at radius 1 is 1.70 bits per heavy atom. The van der Waals surface area contributed by atoms with Crippen molar-refractivity contribution in [2.45, 2.75) is 19.4 Å². The Morgan fingerprint density at radius 2 is 2.50 bits per heavy atom. The maximum Gasteiger partial charge on any atom is 0.177 e. The van der Waals surface area contributed by atoms with Gasteiger partial charge in [-0.15, -0.1) is 0 Å². The Balaban J connectivity index is 2.08. The largest absolute Gasteiger partial charge is 0.325 e. The normalized spacial score (nSPS) is 17.7. The van der Waals surface area contributed by atoms with Gasteiger partial charge in [-0.25, -0.2) is 4.98 Å². The first kappa shape index (κ1) is 6.40. The van der Waals surface area contributed by atoms with Gasteiger partial charge < -0.3 is 4.57 Å². The van der Waals surface area contributed by atoms with Crippen molar-refractivity contribution < 1.29 is 0 Å². The minimum atomic E-state index is 0.922. The zero-order valence-corrected chi connectivity index (χ0v) is 7.21. The van der Waals surface area contributed by atoms with Crippen LogP contribution in [0.1, 0.15) is 12.8 Å². The van der Waals surface area contributed by atoms with Gasteiger partial charge in [0.2, 0.25) is 0 Å². The number of aromatic nitrogens is 2. The minimum Gasteiger partial charge on any atom is -0.325 e. The molecule has 3 heteroatoms. The maximum absolute atomic E-state index is 4.08. The number of nitrogens with zero attached hydrogens (tertiary/aromatic N) is 2. The van der Waals surface area contributed by atoms with Crippen LogP contribution in [0.5, 0.6) is 0 Å². The minimum absolute atomic E-state index is 0.922. The molecular formula is C7H9BrN2. The molecule has 1 aromatic rings. The summed E-state index contributed by atoms with van der Waals surface area (Å²) < 4.78 is 3.11. The number of imidazole rings is 1. The highest BCUT2D eigenvalue weighted by Gasteiger charge is 2.21. The van der Waals surface area contributed by atoms with Crippen LogP contribution in [-0.4, -0.2) is 9.55 Å². The van der Waals surface area contributed by atoms with E-state index in [9.17, 15) is 0 Å². The average molecular weight is 201 g/mol. The third-order valence-electron chi connectivity index (χ3n) is 1.82. The van der Waals surface area contributed by atoms with Crippen LogP contribution in [-0.2, 0) is 6.54 Å². The summed E-state index contributed by atoms with van der Waals surface area (Å²) in [6, 6.07) is 0. The standard InChI is InChI=1S/C7H9BrN2/c8-7-9-3-4-10(7)5-6-1-2-6/h3-4,6H,1-2,5H2. The SMILES string of the molecule is Brc1nccn1CC1CC1. The van der Waals surface area contributed by atoms with E-state index in [0.717, 1.165) is 17.2 Å². The van der Waals surface area contributed by atoms with Crippen molar-refractivity contribution in [2.75, 3.05) is 0 Å². The van der Waals surface area contributed by atoms with Gasteiger partial charge in [0, 0.05) is 18.9 Å². The van der Waals surface area contributed by atoms with E-state index in [4.69, 9.17) is 0 Å². The van der Waals surface area contributed by atoms with Gasteiger partial charge in [-0.3, -0.25) is 0 Å². The zero-order chi connectivity index (χ0) is 6.97. The molecule has 0 amide bonds. The molecule has 1 heterocycles. The van der Waals surface area contributed by atoms with Gasteiger partial charge in [-0.05, 0) is 34.7 Å². The number of rotatable bonds is 2. The summed E-state index contributed by atoms with van der Waals surface area (Å²) in [6.07, 6.45) is 6.63. The Hall–Kier alpha value is -0.310. The average Bonchev–Trinajstić information content (AvgIpc) is 2.62. The topological polar surface area (TPSA) is 17.8 Å². The first-order chi connectivity index (χ1) is 4.86. The fourth-order valence-corrected chi connectivity index (χ4v) is 1.41. The summed E-state index contributed by atoms with van der Waals surface area (Å²) in [5.41, 5.74) is 0. The molecular weight excluding hydrogens is 192 g/mol. The Morgan fingerprint density at radius 3 is 3.00 bits per heavy atom. The first-order valence-electron chi connectivity index (χ1n) is 3.53. The van der Waals surface area contributed by atoms with Crippen LogP contribution < -0.4 is 0 Å². The van der Waals surface area contributed by atoms with Gasteiger partial charge >= 0.3 is 0 Å². The van der Waals surface area contributed by atoms with Crippen LogP contribution in [0, 0.1) is 5.92 Å². The van der Waals surface area contributed by atoms with Gasteiger partial charge in [-0.2, -0.15) is 0 Å². The monoisotopic (exact) mass is 200 g/mol. The second-order valence-electron chi connectivity index (χ2n) is 2.79. The summed E-state index contributed by atoms with van der Waals surface area (Å²) in [5, 5.41) is 0. The molecule has 0 spiro atoms. The van der Waals surface area contributed by atoms with E-state index in [1.807, 2.05) is 12.4 Å². The predicted octanol–water partition coefficient (Wildman–Crippen LogP) is 2.06. The summed E-state index contributed by atoms with van der Waals surface area (Å²) >= 11 is 3.37. The second kappa shape index (κ2) is 2.38. The zero-order valence-electron chi connectivity index (χ0n) is 5.63. The number of halogens is 1. The lowest BCUT2D eigenvalue weighted by Crippen LogP contribution is -1.97. The van der Waals surface area contributed by atoms with Gasteiger partial charge in [0.15, 0.2) is 4.73 Å². The molecule has 0 aromatic carbocycles. The molecule has 1 aliphatic rings. The summed E-state index contributed by atoms with van der Waals surface area (Å²) in [5.74, 6) is 0.922. The van der Waals surface area contributed by atoms with Crippen molar-refractivity contribution in [1.29, 1.82) is 0 Å². The van der Waals surface area contributed by atoms with Crippen molar-refractivity contribution >= 4 is 15.9 Å². The van der Waals surface area contributed by atoms with Gasteiger partial charge in [-0.1, -0.05) is 0 Å². The third kappa shape index (κ3) is 1.24. The van der Waals surface area contributed by atoms with Crippen LogP contribution in [0.25, 0.3) is 0 Å². The highest BCUT2D eigenvalue weighted by Crippen LogP contribution is 2.31. The van der Waals surface area contributed by atoms with E-state index in [1.54, 1.807) is 0 Å². The van der Waals surface area contributed by atoms with Crippen LogP contribution in [0.2, 0.25) is 0 Å². The molecule has 2 nitrogen and oxygen atoms in total. The highest BCUT2D eigenvalue weighted by molar-refractivity contribution is 9.10. The van der Waals surface area contributed by atoms with Crippen molar-refractivity contribution in [3.63, 3.8) is 0 Å². The van der Waals surface area contributed by atoms with Crippen molar-refractivity contribution in [3.05, 3.63) is 17.1 Å². The van der Waals surface area contributed by atoms with Crippen LogP contribution in [0.4, 0.5) is 0 Å². The molecule has 0 aliphatic heterocycles. The lowest BCUT2D eigenvalue weighted by molar-refractivity contribution is 0.615. The Bertz CT molecular complexity index is 227. The summed E-state index contributed by atoms with van der Waals surface area (Å²) in [4.78, 5) is 4.08. The third-order valence-corrected chi connectivity index (χ3v) is 2.48. The van der Waals surface area contributed by atoms with Crippen molar-refractivity contribution in [1.82, 2.24) is 9.55 Å². The number of hydrogen-bond acceptors (Lipinski definition) is 1. The van der Waals surface area contributed by atoms with Crippen molar-refractivity contribution in [2.24, 2.45) is 5.92 Å². The molecule has 0 bridgehead atoms. The van der Waals surface area contributed by atoms with Gasteiger partial charge in [0.1, 0.15) is 0 Å². The first-order valence-corrected chi connectivity index (χ1v) is 4.32. The van der Waals surface area contributed by atoms with Crippen LogP contribution in [0.15, 0.2) is 17.1 Å². The molecule has 1 fully saturated rings. The smallest absolute Gasteiger partial charge is 0.177 e. The fraction of sp³-hybridized carbons (Fsp3) is 0.571. The highest BCUT2D eigenvalue weighted by atomic mass is 79.9. The van der Waals surface area contributed by atoms with Crippen LogP contribution >= 0.6 is 15.9 Å². The van der Waals surface area contributed by atoms with Gasteiger partial charge in [0.05, 0.1) is 0 Å². The molecule has 1 aromatic heterocycles. The molecule has 2 rings (SSSR count). The van der Waals surface area contributed by atoms with E-state index in [-0.39, 0.29) is 0 Å². The van der Waals surface area contributed by atoms with E-state index in [1.165, 1.54) is 12.8 Å². The molecule has 0 saturated heterocycles. The molecule has 10 heavy (non-hydrogen) atoms. The molecule has 1 saturated carbocycles. The summed E-state index contributed by atoms with van der Waals surface area (Å²) in [7, 11) is 0. The molecule has 0 N–H and O–H groups in total. The van der Waals surface area contributed by atoms with Gasteiger partial charge in [0.25, 0.3) is 0 Å².